The Hall–Kier alpha value is -2.05. The summed E-state index contributed by atoms with van der Waals surface area (Å²) in [6, 6.07) is 0.872. The van der Waals surface area contributed by atoms with E-state index in [1.807, 2.05) is 13.8 Å². The van der Waals surface area contributed by atoms with E-state index in [2.05, 4.69) is 5.32 Å². The van der Waals surface area contributed by atoms with Gasteiger partial charge in [0.25, 0.3) is 5.91 Å². The summed E-state index contributed by atoms with van der Waals surface area (Å²) < 4.78 is 27.1. The molecule has 1 rings (SSSR count). The molecule has 0 saturated heterocycles. The quantitative estimate of drug-likeness (QED) is 0.646. The lowest BCUT2D eigenvalue weighted by Gasteiger charge is -2.17. The van der Waals surface area contributed by atoms with Gasteiger partial charge in [-0.25, -0.2) is 4.39 Å². The van der Waals surface area contributed by atoms with E-state index in [1.165, 1.54) is 0 Å². The van der Waals surface area contributed by atoms with E-state index < -0.39 is 33.7 Å². The van der Waals surface area contributed by atoms with Gasteiger partial charge in [-0.15, -0.1) is 0 Å². The van der Waals surface area contributed by atoms with Crippen molar-refractivity contribution in [2.24, 2.45) is 5.92 Å². The van der Waals surface area contributed by atoms with E-state index in [0.717, 1.165) is 6.42 Å². The minimum absolute atomic E-state index is 0.242. The first-order chi connectivity index (χ1) is 9.76. The number of halogens is 2. The lowest BCUT2D eigenvalue weighted by Crippen LogP contribution is -2.34. The van der Waals surface area contributed by atoms with Crippen molar-refractivity contribution in [3.63, 3.8) is 0 Å². The van der Waals surface area contributed by atoms with E-state index in [4.69, 9.17) is 0 Å². The summed E-state index contributed by atoms with van der Waals surface area (Å²) in [6.07, 6.45) is 1.61. The van der Waals surface area contributed by atoms with Gasteiger partial charge < -0.3 is 5.32 Å². The highest BCUT2D eigenvalue weighted by atomic mass is 19.1. The van der Waals surface area contributed by atoms with Crippen molar-refractivity contribution < 1.29 is 18.5 Å². The third-order valence-corrected chi connectivity index (χ3v) is 3.29. The summed E-state index contributed by atoms with van der Waals surface area (Å²) >= 11 is 0. The van der Waals surface area contributed by atoms with Gasteiger partial charge in [-0.2, -0.15) is 4.39 Å². The predicted molar refractivity (Wildman–Crippen MR) is 74.0 cm³/mol. The highest BCUT2D eigenvalue weighted by Crippen LogP contribution is 2.22. The van der Waals surface area contributed by atoms with Gasteiger partial charge in [0.15, 0.2) is 0 Å². The molecule has 2 atom stereocenters. The molecule has 5 nitrogen and oxygen atoms in total. The molecule has 0 aliphatic rings. The van der Waals surface area contributed by atoms with Gasteiger partial charge in [0, 0.05) is 6.04 Å². The molecule has 1 N–H and O–H groups in total. The Morgan fingerprint density at radius 3 is 2.52 bits per heavy atom. The van der Waals surface area contributed by atoms with Crippen LogP contribution in [0.4, 0.5) is 14.5 Å². The van der Waals surface area contributed by atoms with Crippen LogP contribution in [-0.2, 0) is 0 Å². The average Bonchev–Trinajstić information content (AvgIpc) is 2.40. The molecule has 1 aromatic rings. The van der Waals surface area contributed by atoms with Gasteiger partial charge in [-0.1, -0.05) is 20.3 Å². The zero-order valence-corrected chi connectivity index (χ0v) is 12.2. The number of rotatable bonds is 6. The normalized spacial score (nSPS) is 13.6. The second kappa shape index (κ2) is 7.10. The number of benzene rings is 1. The molecule has 1 amide bonds. The second-order valence-corrected chi connectivity index (χ2v) is 5.17. The largest absolute Gasteiger partial charge is 0.349 e. The van der Waals surface area contributed by atoms with E-state index in [9.17, 15) is 23.7 Å². The fourth-order valence-corrected chi connectivity index (χ4v) is 2.00. The maximum absolute atomic E-state index is 13.9. The Balaban J connectivity index is 2.95. The number of amides is 1. The Bertz CT molecular complexity index is 549. The van der Waals surface area contributed by atoms with Crippen LogP contribution in [0, 0.1) is 27.7 Å². The summed E-state index contributed by atoms with van der Waals surface area (Å²) in [5.74, 6) is -2.84. The third-order valence-electron chi connectivity index (χ3n) is 3.29. The molecule has 7 heteroatoms. The molecule has 0 saturated carbocycles. The fraction of sp³-hybridized carbons (Fsp3) is 0.500. The summed E-state index contributed by atoms with van der Waals surface area (Å²) in [6.45, 7) is 5.76. The molecule has 2 unspecified atom stereocenters. The van der Waals surface area contributed by atoms with Gasteiger partial charge in [0.2, 0.25) is 5.82 Å². The molecule has 1 aromatic carbocycles. The molecule has 0 spiro atoms. The molecule has 0 bridgehead atoms. The van der Waals surface area contributed by atoms with Crippen molar-refractivity contribution in [1.82, 2.24) is 5.32 Å². The first kappa shape index (κ1) is 17.0. The smallest absolute Gasteiger partial charge is 0.308 e. The monoisotopic (exact) mass is 300 g/mol. The highest BCUT2D eigenvalue weighted by Gasteiger charge is 2.25. The number of hydrogen-bond donors (Lipinski definition) is 1. The molecule has 0 radical (unpaired) electrons. The van der Waals surface area contributed by atoms with Crippen molar-refractivity contribution in [1.29, 1.82) is 0 Å². The summed E-state index contributed by atoms with van der Waals surface area (Å²) in [5.41, 5.74) is -1.70. The zero-order chi connectivity index (χ0) is 16.2. The second-order valence-electron chi connectivity index (χ2n) is 5.17. The standard InChI is InChI=1S/C14H18F2N2O3/c1-4-8(2)5-9(3)17-14(19)11-6-10(15)7-12(13(11)16)18(20)21/h6-9H,4-5H2,1-3H3,(H,17,19). The van der Waals surface area contributed by atoms with Crippen molar-refractivity contribution in [3.05, 3.63) is 39.4 Å². The molecule has 0 aromatic heterocycles. The maximum Gasteiger partial charge on any atom is 0.308 e. The molecule has 0 heterocycles. The molecule has 0 aliphatic heterocycles. The number of nitro benzene ring substituents is 1. The van der Waals surface area contributed by atoms with Crippen LogP contribution in [0.15, 0.2) is 12.1 Å². The number of hydrogen-bond acceptors (Lipinski definition) is 3. The van der Waals surface area contributed by atoms with E-state index in [1.54, 1.807) is 6.92 Å². The third kappa shape index (κ3) is 4.47. The maximum atomic E-state index is 13.9. The van der Waals surface area contributed by atoms with Crippen LogP contribution in [0.5, 0.6) is 0 Å². The van der Waals surface area contributed by atoms with Crippen LogP contribution >= 0.6 is 0 Å². The van der Waals surface area contributed by atoms with Crippen LogP contribution in [0.25, 0.3) is 0 Å². The number of nitro groups is 1. The predicted octanol–water partition coefficient (Wildman–Crippen LogP) is 3.43. The summed E-state index contributed by atoms with van der Waals surface area (Å²) in [7, 11) is 0. The Morgan fingerprint density at radius 2 is 2.00 bits per heavy atom. The lowest BCUT2D eigenvalue weighted by atomic mass is 10.00. The van der Waals surface area contributed by atoms with Crippen LogP contribution in [-0.4, -0.2) is 16.9 Å². The Morgan fingerprint density at radius 1 is 1.38 bits per heavy atom. The zero-order valence-electron chi connectivity index (χ0n) is 12.2. The number of carbonyl (C=O) groups is 1. The molecule has 116 valence electrons. The van der Waals surface area contributed by atoms with Crippen LogP contribution < -0.4 is 5.32 Å². The van der Waals surface area contributed by atoms with Crippen LogP contribution in [0.3, 0.4) is 0 Å². The summed E-state index contributed by atoms with van der Waals surface area (Å²) in [4.78, 5) is 21.5. The SMILES string of the molecule is CCC(C)CC(C)NC(=O)c1cc(F)cc([N+](=O)[O-])c1F. The van der Waals surface area contributed by atoms with E-state index in [-0.39, 0.29) is 6.04 Å². The van der Waals surface area contributed by atoms with E-state index >= 15 is 0 Å². The highest BCUT2D eigenvalue weighted by molar-refractivity contribution is 5.95. The van der Waals surface area contributed by atoms with Crippen molar-refractivity contribution >= 4 is 11.6 Å². The molecule has 0 aliphatic carbocycles. The van der Waals surface area contributed by atoms with Gasteiger partial charge in [0.1, 0.15) is 5.82 Å². The van der Waals surface area contributed by atoms with Gasteiger partial charge in [0.05, 0.1) is 16.6 Å². The van der Waals surface area contributed by atoms with Crippen molar-refractivity contribution in [2.75, 3.05) is 0 Å². The molecular formula is C14H18F2N2O3. The van der Waals surface area contributed by atoms with E-state index in [0.29, 0.717) is 24.5 Å². The number of nitrogens with zero attached hydrogens (tertiary/aromatic N) is 1. The molecule has 21 heavy (non-hydrogen) atoms. The summed E-state index contributed by atoms with van der Waals surface area (Å²) in [5, 5.41) is 13.1. The van der Waals surface area contributed by atoms with Gasteiger partial charge in [-0.05, 0) is 25.3 Å². The lowest BCUT2D eigenvalue weighted by molar-refractivity contribution is -0.387. The van der Waals surface area contributed by atoms with Crippen molar-refractivity contribution in [2.45, 2.75) is 39.7 Å². The molecular weight excluding hydrogens is 282 g/mol. The average molecular weight is 300 g/mol. The minimum Gasteiger partial charge on any atom is -0.349 e. The first-order valence-corrected chi connectivity index (χ1v) is 6.70. The van der Waals surface area contributed by atoms with Crippen molar-refractivity contribution in [3.8, 4) is 0 Å². The Kier molecular flexibility index (Phi) is 5.75. The minimum atomic E-state index is -1.32. The van der Waals surface area contributed by atoms with Crippen LogP contribution in [0.1, 0.15) is 44.0 Å². The number of carbonyl (C=O) groups excluding carboxylic acids is 1. The molecule has 0 fully saturated rings. The number of nitrogens with one attached hydrogen (secondary N) is 1. The first-order valence-electron chi connectivity index (χ1n) is 6.70. The van der Waals surface area contributed by atoms with Crippen LogP contribution in [0.2, 0.25) is 0 Å². The van der Waals surface area contributed by atoms with Gasteiger partial charge in [-0.3, -0.25) is 14.9 Å². The fourth-order valence-electron chi connectivity index (χ4n) is 2.00. The topological polar surface area (TPSA) is 72.2 Å². The Labute approximate surface area is 121 Å². The van der Waals surface area contributed by atoms with Gasteiger partial charge >= 0.3 is 5.69 Å².